The molecule has 0 aromatic rings. The fraction of sp³-hybridized carbons (Fsp3) is 0.750. The number of carbonyl (C=O) groups is 1. The fourth-order valence-corrected chi connectivity index (χ4v) is 1.07. The lowest BCUT2D eigenvalue weighted by Crippen LogP contribution is -2.16. The molecular weight excluding hydrogens is 112 g/mol. The van der Waals surface area contributed by atoms with Crippen molar-refractivity contribution >= 4 is 5.78 Å². The van der Waals surface area contributed by atoms with Gasteiger partial charge in [-0.05, 0) is 12.3 Å². The van der Waals surface area contributed by atoms with Crippen LogP contribution in [-0.2, 0) is 4.79 Å². The van der Waals surface area contributed by atoms with E-state index in [0.29, 0.717) is 5.92 Å². The van der Waals surface area contributed by atoms with Gasteiger partial charge in [-0.25, -0.2) is 0 Å². The summed E-state index contributed by atoms with van der Waals surface area (Å²) in [5, 5.41) is 0. The summed E-state index contributed by atoms with van der Waals surface area (Å²) in [7, 11) is 0. The average molecular weight is 127 g/mol. The van der Waals surface area contributed by atoms with Crippen LogP contribution in [0.5, 0.6) is 0 Å². The van der Waals surface area contributed by atoms with Crippen molar-refractivity contribution in [3.05, 3.63) is 6.92 Å². The number of hydrogen-bond acceptors (Lipinski definition) is 1. The molecule has 1 radical (unpaired) electrons. The van der Waals surface area contributed by atoms with E-state index in [-0.39, 0.29) is 11.7 Å². The Morgan fingerprint density at radius 2 is 2.00 bits per heavy atom. The summed E-state index contributed by atoms with van der Waals surface area (Å²) in [5.74, 6) is 0.692. The van der Waals surface area contributed by atoms with Crippen molar-refractivity contribution in [2.24, 2.45) is 11.8 Å². The van der Waals surface area contributed by atoms with Crippen LogP contribution in [0.1, 0.15) is 27.2 Å². The third-order valence-electron chi connectivity index (χ3n) is 1.66. The van der Waals surface area contributed by atoms with E-state index in [1.807, 2.05) is 6.92 Å². The highest BCUT2D eigenvalue weighted by Crippen LogP contribution is 2.14. The van der Waals surface area contributed by atoms with Crippen LogP contribution >= 0.6 is 0 Å². The third kappa shape index (κ3) is 2.64. The molecule has 0 saturated carbocycles. The predicted molar refractivity (Wildman–Crippen MR) is 39.0 cm³/mol. The minimum Gasteiger partial charge on any atom is -0.299 e. The van der Waals surface area contributed by atoms with E-state index in [1.165, 1.54) is 0 Å². The quantitative estimate of drug-likeness (QED) is 0.567. The second-order valence-corrected chi connectivity index (χ2v) is 2.73. The van der Waals surface area contributed by atoms with Crippen LogP contribution in [-0.4, -0.2) is 5.78 Å². The minimum atomic E-state index is 0.0764. The average Bonchev–Trinajstić information content (AvgIpc) is 1.64. The van der Waals surface area contributed by atoms with Gasteiger partial charge < -0.3 is 0 Å². The maximum atomic E-state index is 10.7. The minimum absolute atomic E-state index is 0.0764. The summed E-state index contributed by atoms with van der Waals surface area (Å²) in [6.07, 6.45) is 0.917. The van der Waals surface area contributed by atoms with Gasteiger partial charge in [-0.2, -0.15) is 0 Å². The largest absolute Gasteiger partial charge is 0.299 e. The Bertz CT molecular complexity index is 94.7. The van der Waals surface area contributed by atoms with Gasteiger partial charge in [-0.3, -0.25) is 4.79 Å². The molecule has 0 aliphatic carbocycles. The van der Waals surface area contributed by atoms with Gasteiger partial charge in [0, 0.05) is 12.8 Å². The Kier molecular flexibility index (Phi) is 3.52. The molecule has 0 N–H and O–H groups in total. The van der Waals surface area contributed by atoms with Gasteiger partial charge in [0.15, 0.2) is 0 Å². The van der Waals surface area contributed by atoms with E-state index in [9.17, 15) is 4.79 Å². The van der Waals surface area contributed by atoms with Crippen molar-refractivity contribution in [2.45, 2.75) is 27.2 Å². The van der Waals surface area contributed by atoms with E-state index < -0.39 is 0 Å². The lowest BCUT2D eigenvalue weighted by molar-refractivity contribution is -0.119. The molecule has 0 amide bonds. The molecule has 9 heavy (non-hydrogen) atoms. The second-order valence-electron chi connectivity index (χ2n) is 2.73. The van der Waals surface area contributed by atoms with Crippen LogP contribution < -0.4 is 0 Å². The van der Waals surface area contributed by atoms with E-state index >= 15 is 0 Å². The number of rotatable bonds is 3. The molecule has 1 atom stereocenters. The topological polar surface area (TPSA) is 17.1 Å². The number of hydrogen-bond donors (Lipinski definition) is 0. The summed E-state index contributed by atoms with van der Waals surface area (Å²) in [4.78, 5) is 10.7. The molecule has 0 rings (SSSR count). The zero-order chi connectivity index (χ0) is 7.44. The predicted octanol–water partition coefficient (Wildman–Crippen LogP) is 2.07. The van der Waals surface area contributed by atoms with Crippen LogP contribution in [0.3, 0.4) is 0 Å². The van der Waals surface area contributed by atoms with E-state index in [2.05, 4.69) is 20.8 Å². The normalized spacial score (nSPS) is 13.9. The molecule has 0 aliphatic rings. The Labute approximate surface area is 57.5 Å². The summed E-state index contributed by atoms with van der Waals surface area (Å²) in [6.45, 7) is 9.52. The van der Waals surface area contributed by atoms with E-state index in [0.717, 1.165) is 6.42 Å². The molecule has 53 valence electrons. The van der Waals surface area contributed by atoms with Crippen molar-refractivity contribution in [1.29, 1.82) is 0 Å². The van der Waals surface area contributed by atoms with Crippen molar-refractivity contribution in [3.8, 4) is 0 Å². The lowest BCUT2D eigenvalue weighted by atomic mass is 9.90. The van der Waals surface area contributed by atoms with Gasteiger partial charge in [0.25, 0.3) is 0 Å². The van der Waals surface area contributed by atoms with Crippen LogP contribution in [0.25, 0.3) is 0 Å². The number of carbonyl (C=O) groups excluding carboxylic acids is 1. The maximum Gasteiger partial charge on any atom is 0.136 e. The molecule has 0 aliphatic heterocycles. The van der Waals surface area contributed by atoms with Gasteiger partial charge in [0.1, 0.15) is 5.78 Å². The molecular formula is C8H15O. The van der Waals surface area contributed by atoms with E-state index in [1.54, 1.807) is 0 Å². The maximum absolute atomic E-state index is 10.7. The van der Waals surface area contributed by atoms with Crippen molar-refractivity contribution < 1.29 is 4.79 Å². The Morgan fingerprint density at radius 1 is 1.56 bits per heavy atom. The monoisotopic (exact) mass is 127 g/mol. The second kappa shape index (κ2) is 3.65. The molecule has 0 bridgehead atoms. The van der Waals surface area contributed by atoms with Crippen LogP contribution in [0, 0.1) is 18.8 Å². The molecule has 0 saturated heterocycles. The van der Waals surface area contributed by atoms with Crippen molar-refractivity contribution in [1.82, 2.24) is 0 Å². The van der Waals surface area contributed by atoms with Crippen molar-refractivity contribution in [3.63, 3.8) is 0 Å². The van der Waals surface area contributed by atoms with E-state index in [4.69, 9.17) is 0 Å². The molecule has 0 aromatic heterocycles. The summed E-state index contributed by atoms with van der Waals surface area (Å²) in [6, 6.07) is 0. The first-order valence-corrected chi connectivity index (χ1v) is 3.45. The first-order valence-electron chi connectivity index (χ1n) is 3.45. The summed E-state index contributed by atoms with van der Waals surface area (Å²) in [5.41, 5.74) is 0. The van der Waals surface area contributed by atoms with Gasteiger partial charge in [-0.15, -0.1) is 0 Å². The van der Waals surface area contributed by atoms with Gasteiger partial charge in [0.2, 0.25) is 0 Å². The third-order valence-corrected chi connectivity index (χ3v) is 1.66. The molecule has 0 aromatic carbocycles. The van der Waals surface area contributed by atoms with Gasteiger partial charge in [0.05, 0.1) is 0 Å². The molecule has 1 nitrogen and oxygen atoms in total. The first kappa shape index (κ1) is 8.67. The summed E-state index contributed by atoms with van der Waals surface area (Å²) >= 11 is 0. The molecule has 1 unspecified atom stereocenters. The zero-order valence-electron chi connectivity index (χ0n) is 6.48. The van der Waals surface area contributed by atoms with Gasteiger partial charge >= 0.3 is 0 Å². The number of ketones is 1. The highest BCUT2D eigenvalue weighted by Gasteiger charge is 2.14. The summed E-state index contributed by atoms with van der Waals surface area (Å²) < 4.78 is 0. The Hall–Kier alpha value is -0.330. The Morgan fingerprint density at radius 3 is 2.00 bits per heavy atom. The standard InChI is InChI=1S/C8H15O/c1-5-8(6(2)3)7(4)9/h6,8H,4-5H2,1-3H3. The molecule has 1 heteroatoms. The SMILES string of the molecule is [CH2]C(=O)C(CC)C(C)C. The van der Waals surface area contributed by atoms with Crippen LogP contribution in [0.4, 0.5) is 0 Å². The fourth-order valence-electron chi connectivity index (χ4n) is 1.07. The number of Topliss-reactive ketones (excluding diaryl/α,β-unsaturated/α-hetero) is 1. The first-order chi connectivity index (χ1) is 4.09. The van der Waals surface area contributed by atoms with Crippen molar-refractivity contribution in [2.75, 3.05) is 0 Å². The zero-order valence-corrected chi connectivity index (χ0v) is 6.48. The van der Waals surface area contributed by atoms with Gasteiger partial charge in [-0.1, -0.05) is 20.8 Å². The Balaban J connectivity index is 3.83. The molecule has 0 spiro atoms. The lowest BCUT2D eigenvalue weighted by Gasteiger charge is -2.13. The van der Waals surface area contributed by atoms with Crippen LogP contribution in [0.15, 0.2) is 0 Å². The van der Waals surface area contributed by atoms with Crippen LogP contribution in [0.2, 0.25) is 0 Å². The highest BCUT2D eigenvalue weighted by molar-refractivity contribution is 5.85. The highest BCUT2D eigenvalue weighted by atomic mass is 16.1. The smallest absolute Gasteiger partial charge is 0.136 e. The molecule has 0 fully saturated rings. The molecule has 0 heterocycles.